The summed E-state index contributed by atoms with van der Waals surface area (Å²) in [5.74, 6) is -0.0385. The van der Waals surface area contributed by atoms with Gasteiger partial charge in [-0.05, 0) is 23.8 Å². The molecule has 19 heavy (non-hydrogen) atoms. The van der Waals surface area contributed by atoms with Gasteiger partial charge in [-0.3, -0.25) is 0 Å². The minimum absolute atomic E-state index is 0.330. The van der Waals surface area contributed by atoms with E-state index in [-0.39, 0.29) is 0 Å². The highest BCUT2D eigenvalue weighted by atomic mass is 35.5. The van der Waals surface area contributed by atoms with Gasteiger partial charge < -0.3 is 4.74 Å². The van der Waals surface area contributed by atoms with E-state index in [1.807, 2.05) is 30.3 Å². The molecule has 0 radical (unpaired) electrons. The number of halogens is 2. The number of fused-ring (bicyclic) bond motifs is 1. The van der Waals surface area contributed by atoms with Crippen LogP contribution in [0, 0.1) is 0 Å². The molecule has 0 N–H and O–H groups in total. The molecule has 0 fully saturated rings. The molecule has 0 aliphatic carbocycles. The Morgan fingerprint density at radius 3 is 2.21 bits per heavy atom. The molecule has 4 heteroatoms. The van der Waals surface area contributed by atoms with Gasteiger partial charge in [-0.25, -0.2) is 4.79 Å². The second-order valence-electron chi connectivity index (χ2n) is 4.09. The standard InChI is InChI=1S/C15H8Cl2O2/c16-10-6-7-11(17)14-13(10)12(19-15(14)18)8-9-4-2-1-3-5-9/h1-8H. The Morgan fingerprint density at radius 1 is 0.895 bits per heavy atom. The molecular formula is C15H8Cl2O2. The molecule has 2 aromatic rings. The summed E-state index contributed by atoms with van der Waals surface area (Å²) in [5.41, 5.74) is 1.81. The van der Waals surface area contributed by atoms with Gasteiger partial charge >= 0.3 is 5.97 Å². The predicted octanol–water partition coefficient (Wildman–Crippen LogP) is 4.66. The SMILES string of the molecule is O=C1OC(=Cc2ccccc2)c2c(Cl)ccc(Cl)c21. The lowest BCUT2D eigenvalue weighted by Gasteiger charge is -2.02. The zero-order valence-corrected chi connectivity index (χ0v) is 11.2. The summed E-state index contributed by atoms with van der Waals surface area (Å²) < 4.78 is 5.25. The smallest absolute Gasteiger partial charge is 0.345 e. The van der Waals surface area contributed by atoms with Gasteiger partial charge in [0, 0.05) is 0 Å². The van der Waals surface area contributed by atoms with Crippen LogP contribution in [0.3, 0.4) is 0 Å². The molecule has 0 spiro atoms. The zero-order chi connectivity index (χ0) is 13.4. The summed E-state index contributed by atoms with van der Waals surface area (Å²) in [6.45, 7) is 0. The van der Waals surface area contributed by atoms with Crippen molar-refractivity contribution in [3.05, 3.63) is 69.2 Å². The molecule has 1 aliphatic heterocycles. The molecule has 1 heterocycles. The lowest BCUT2D eigenvalue weighted by molar-refractivity contribution is 0.0717. The Balaban J connectivity index is 2.18. The molecule has 0 bridgehead atoms. The van der Waals surface area contributed by atoms with Crippen molar-refractivity contribution in [2.45, 2.75) is 0 Å². The average molecular weight is 291 g/mol. The van der Waals surface area contributed by atoms with E-state index in [0.717, 1.165) is 5.56 Å². The number of rotatable bonds is 1. The van der Waals surface area contributed by atoms with Gasteiger partial charge in [-0.1, -0.05) is 53.5 Å². The first-order chi connectivity index (χ1) is 9.16. The first-order valence-electron chi connectivity index (χ1n) is 5.64. The normalized spacial score (nSPS) is 15.5. The Morgan fingerprint density at radius 2 is 1.53 bits per heavy atom. The van der Waals surface area contributed by atoms with E-state index in [1.54, 1.807) is 18.2 Å². The lowest BCUT2D eigenvalue weighted by Crippen LogP contribution is -1.94. The van der Waals surface area contributed by atoms with Gasteiger partial charge in [0.2, 0.25) is 0 Å². The first kappa shape index (κ1) is 12.3. The molecule has 1 aliphatic rings. The van der Waals surface area contributed by atoms with Crippen LogP contribution < -0.4 is 0 Å². The molecule has 0 atom stereocenters. The maximum Gasteiger partial charge on any atom is 0.345 e. The highest BCUT2D eigenvalue weighted by molar-refractivity contribution is 6.38. The van der Waals surface area contributed by atoms with Gasteiger partial charge in [0.15, 0.2) is 0 Å². The van der Waals surface area contributed by atoms with Gasteiger partial charge in [0.1, 0.15) is 5.76 Å². The van der Waals surface area contributed by atoms with Gasteiger partial charge in [-0.2, -0.15) is 0 Å². The van der Waals surface area contributed by atoms with Crippen molar-refractivity contribution in [3.63, 3.8) is 0 Å². The van der Waals surface area contributed by atoms with Crippen LogP contribution in [0.2, 0.25) is 10.0 Å². The number of ether oxygens (including phenoxy) is 1. The topological polar surface area (TPSA) is 26.3 Å². The van der Waals surface area contributed by atoms with E-state index in [0.29, 0.717) is 26.9 Å². The van der Waals surface area contributed by atoms with E-state index in [1.165, 1.54) is 0 Å². The monoisotopic (exact) mass is 290 g/mol. The maximum absolute atomic E-state index is 11.8. The summed E-state index contributed by atoms with van der Waals surface area (Å²) in [6, 6.07) is 12.8. The molecule has 2 aromatic carbocycles. The van der Waals surface area contributed by atoms with Crippen LogP contribution in [-0.2, 0) is 4.74 Å². The maximum atomic E-state index is 11.8. The average Bonchev–Trinajstić information content (AvgIpc) is 2.73. The molecule has 2 nitrogen and oxygen atoms in total. The van der Waals surface area contributed by atoms with Gasteiger partial charge in [0.05, 0.1) is 21.2 Å². The molecule has 0 saturated heterocycles. The van der Waals surface area contributed by atoms with E-state index < -0.39 is 5.97 Å². The number of cyclic esters (lactones) is 1. The van der Waals surface area contributed by atoms with E-state index in [9.17, 15) is 4.79 Å². The fourth-order valence-electron chi connectivity index (χ4n) is 2.00. The third kappa shape index (κ3) is 2.14. The Labute approximate surface area is 120 Å². The fourth-order valence-corrected chi connectivity index (χ4v) is 2.48. The zero-order valence-electron chi connectivity index (χ0n) is 9.69. The molecule has 0 saturated carbocycles. The lowest BCUT2D eigenvalue weighted by atomic mass is 10.1. The van der Waals surface area contributed by atoms with Crippen molar-refractivity contribution in [1.82, 2.24) is 0 Å². The van der Waals surface area contributed by atoms with Gasteiger partial charge in [0.25, 0.3) is 0 Å². The molecular weight excluding hydrogens is 283 g/mol. The van der Waals surface area contributed by atoms with Crippen molar-refractivity contribution in [2.24, 2.45) is 0 Å². The number of esters is 1. The second-order valence-corrected chi connectivity index (χ2v) is 4.90. The summed E-state index contributed by atoms with van der Waals surface area (Å²) in [6.07, 6.45) is 1.77. The van der Waals surface area contributed by atoms with Crippen molar-refractivity contribution in [3.8, 4) is 0 Å². The molecule has 0 unspecified atom stereocenters. The van der Waals surface area contributed by atoms with Crippen molar-refractivity contribution < 1.29 is 9.53 Å². The highest BCUT2D eigenvalue weighted by Crippen LogP contribution is 2.39. The quantitative estimate of drug-likeness (QED) is 0.714. The third-order valence-electron chi connectivity index (χ3n) is 2.85. The molecule has 94 valence electrons. The summed E-state index contributed by atoms with van der Waals surface area (Å²) in [5, 5.41) is 0.799. The molecule has 3 rings (SSSR count). The predicted molar refractivity (Wildman–Crippen MR) is 76.2 cm³/mol. The number of hydrogen-bond acceptors (Lipinski definition) is 2. The minimum Gasteiger partial charge on any atom is -0.422 e. The number of benzene rings is 2. The fraction of sp³-hybridized carbons (Fsp3) is 0. The minimum atomic E-state index is -0.468. The van der Waals surface area contributed by atoms with E-state index in [4.69, 9.17) is 27.9 Å². The van der Waals surface area contributed by atoms with Crippen molar-refractivity contribution in [2.75, 3.05) is 0 Å². The van der Waals surface area contributed by atoms with Crippen LogP contribution in [0.15, 0.2) is 42.5 Å². The summed E-state index contributed by atoms with van der Waals surface area (Å²) >= 11 is 12.2. The van der Waals surface area contributed by atoms with Crippen LogP contribution in [0.4, 0.5) is 0 Å². The Bertz CT molecular complexity index is 691. The number of hydrogen-bond donors (Lipinski definition) is 0. The first-order valence-corrected chi connectivity index (χ1v) is 6.39. The van der Waals surface area contributed by atoms with E-state index in [2.05, 4.69) is 0 Å². The highest BCUT2D eigenvalue weighted by Gasteiger charge is 2.31. The third-order valence-corrected chi connectivity index (χ3v) is 3.48. The Kier molecular flexibility index (Phi) is 3.05. The van der Waals surface area contributed by atoms with Crippen molar-refractivity contribution >= 4 is 41.0 Å². The van der Waals surface area contributed by atoms with Crippen LogP contribution in [0.25, 0.3) is 11.8 Å². The van der Waals surface area contributed by atoms with E-state index >= 15 is 0 Å². The summed E-state index contributed by atoms with van der Waals surface area (Å²) in [4.78, 5) is 11.8. The van der Waals surface area contributed by atoms with Crippen LogP contribution in [-0.4, -0.2) is 5.97 Å². The molecule has 0 aromatic heterocycles. The van der Waals surface area contributed by atoms with Crippen molar-refractivity contribution in [1.29, 1.82) is 0 Å². The van der Waals surface area contributed by atoms with Crippen LogP contribution >= 0.6 is 23.2 Å². The largest absolute Gasteiger partial charge is 0.422 e. The second kappa shape index (κ2) is 4.72. The number of carbonyl (C=O) groups is 1. The van der Waals surface area contributed by atoms with Crippen LogP contribution in [0.1, 0.15) is 21.5 Å². The van der Waals surface area contributed by atoms with Gasteiger partial charge in [-0.15, -0.1) is 0 Å². The van der Waals surface area contributed by atoms with Crippen LogP contribution in [0.5, 0.6) is 0 Å². The Hall–Kier alpha value is -1.77. The molecule has 0 amide bonds. The summed E-state index contributed by atoms with van der Waals surface area (Å²) in [7, 11) is 0. The number of carbonyl (C=O) groups excluding carboxylic acids is 1.